The van der Waals surface area contributed by atoms with Crippen molar-refractivity contribution in [1.82, 2.24) is 31.5 Å². The zero-order chi connectivity index (χ0) is 38.9. The largest absolute Gasteiger partial charge is 0.497 e. The first kappa shape index (κ1) is 39.8. The van der Waals surface area contributed by atoms with Crippen molar-refractivity contribution in [3.8, 4) is 5.75 Å². The molecule has 6 N–H and O–H groups in total. The van der Waals surface area contributed by atoms with Gasteiger partial charge in [-0.15, -0.1) is 0 Å². The van der Waals surface area contributed by atoms with E-state index >= 15 is 0 Å². The minimum absolute atomic E-state index is 0.0191. The van der Waals surface area contributed by atoms with Gasteiger partial charge < -0.3 is 45.7 Å². The number of hydrogen-bond acceptors (Lipinski definition) is 9. The van der Waals surface area contributed by atoms with Crippen LogP contribution in [0.15, 0.2) is 52.9 Å². The monoisotopic (exact) mass is 746 g/mol. The summed E-state index contributed by atoms with van der Waals surface area (Å²) in [4.78, 5) is 83.7. The third-order valence-corrected chi connectivity index (χ3v) is 10.0. The molecule has 6 amide bonds. The first-order valence-corrected chi connectivity index (χ1v) is 18.5. The third-order valence-electron chi connectivity index (χ3n) is 10.0. The number of aryl methyl sites for hydroxylation is 1. The number of benzene rings is 2. The maximum Gasteiger partial charge on any atom is 0.287 e. The Morgan fingerprint density at radius 3 is 2.39 bits per heavy atom. The number of fused-ring (bicyclic) bond motifs is 2. The molecule has 0 spiro atoms. The second kappa shape index (κ2) is 18.1. The van der Waals surface area contributed by atoms with E-state index in [1.807, 2.05) is 30.3 Å². The van der Waals surface area contributed by atoms with Crippen molar-refractivity contribution in [3.63, 3.8) is 0 Å². The lowest BCUT2D eigenvalue weighted by molar-refractivity contribution is -0.142. The standard InChI is InChI=1S/C39H50N6O9/c1-5-27-34(47)44-32(23(3)46)37(50)43-29(20-24-12-7-6-8-13-24)39(52)45-19-11-15-30(45)36(49)40-18-10-9-14-28(35(48)41-27)42-38(51)33-22(2)26-17-16-25(53-4)21-31(26)54-33/h6-8,12-13,16-17,21,23,27-30,32,46H,5,9-11,14-15,18-20H2,1-4H3,(H,40,49)(H,41,48)(H,42,51)(H,43,50)(H,44,47)/t23-,27+,28+,29-,30+,32+/m1/s1. The average Bonchev–Trinajstić information content (AvgIpc) is 3.79. The van der Waals surface area contributed by atoms with Crippen LogP contribution in [-0.4, -0.2) is 102 Å². The van der Waals surface area contributed by atoms with Gasteiger partial charge >= 0.3 is 0 Å². The summed E-state index contributed by atoms with van der Waals surface area (Å²) in [6.45, 7) is 5.30. The van der Waals surface area contributed by atoms with Crippen LogP contribution in [0.5, 0.6) is 5.75 Å². The van der Waals surface area contributed by atoms with Gasteiger partial charge in [-0.05, 0) is 70.1 Å². The van der Waals surface area contributed by atoms with Gasteiger partial charge in [0.2, 0.25) is 29.5 Å². The number of rotatable bonds is 7. The quantitative estimate of drug-likeness (QED) is 0.207. The van der Waals surface area contributed by atoms with Crippen molar-refractivity contribution < 1.29 is 43.0 Å². The highest BCUT2D eigenvalue weighted by Crippen LogP contribution is 2.29. The average molecular weight is 747 g/mol. The van der Waals surface area contributed by atoms with Gasteiger partial charge in [0.25, 0.3) is 5.91 Å². The molecule has 2 saturated heterocycles. The Morgan fingerprint density at radius 2 is 1.69 bits per heavy atom. The van der Waals surface area contributed by atoms with E-state index in [0.717, 1.165) is 5.56 Å². The number of amides is 6. The Hall–Kier alpha value is -5.44. The summed E-state index contributed by atoms with van der Waals surface area (Å²) in [7, 11) is 1.52. The van der Waals surface area contributed by atoms with Crippen molar-refractivity contribution in [2.24, 2.45) is 0 Å². The second-order valence-electron chi connectivity index (χ2n) is 13.9. The van der Waals surface area contributed by atoms with E-state index in [-0.39, 0.29) is 37.5 Å². The first-order chi connectivity index (χ1) is 25.9. The van der Waals surface area contributed by atoms with Crippen molar-refractivity contribution in [1.29, 1.82) is 0 Å². The van der Waals surface area contributed by atoms with Crippen molar-refractivity contribution in [2.75, 3.05) is 20.2 Å². The predicted octanol–water partition coefficient (Wildman–Crippen LogP) is 1.63. The van der Waals surface area contributed by atoms with Crippen LogP contribution in [0.1, 0.15) is 74.1 Å². The number of methoxy groups -OCH3 is 1. The molecular weight excluding hydrogens is 696 g/mol. The van der Waals surface area contributed by atoms with E-state index in [4.69, 9.17) is 9.15 Å². The summed E-state index contributed by atoms with van der Waals surface area (Å²) in [6.07, 6.45) is 0.905. The molecule has 0 aliphatic carbocycles. The van der Waals surface area contributed by atoms with E-state index in [9.17, 15) is 33.9 Å². The van der Waals surface area contributed by atoms with E-state index < -0.39 is 65.8 Å². The molecule has 0 unspecified atom stereocenters. The Bertz CT molecular complexity index is 1840. The summed E-state index contributed by atoms with van der Waals surface area (Å²) < 4.78 is 11.2. The summed E-state index contributed by atoms with van der Waals surface area (Å²) in [5, 5.41) is 25.0. The zero-order valence-electron chi connectivity index (χ0n) is 31.1. The predicted molar refractivity (Wildman–Crippen MR) is 198 cm³/mol. The van der Waals surface area contributed by atoms with E-state index in [0.29, 0.717) is 54.5 Å². The topological polar surface area (TPSA) is 208 Å². The molecular formula is C39H50N6O9. The van der Waals surface area contributed by atoms with Gasteiger partial charge in [0, 0.05) is 36.5 Å². The van der Waals surface area contributed by atoms with Gasteiger partial charge in [-0.25, -0.2) is 0 Å². The van der Waals surface area contributed by atoms with E-state index in [1.54, 1.807) is 32.0 Å². The van der Waals surface area contributed by atoms with Crippen LogP contribution >= 0.6 is 0 Å². The van der Waals surface area contributed by atoms with Crippen LogP contribution in [0, 0.1) is 6.92 Å². The number of ether oxygens (including phenoxy) is 1. The fraction of sp³-hybridized carbons (Fsp3) is 0.487. The highest BCUT2D eigenvalue weighted by Gasteiger charge is 2.39. The molecule has 3 aromatic rings. The molecule has 1 aromatic heterocycles. The molecule has 3 heterocycles. The fourth-order valence-electron chi connectivity index (χ4n) is 6.94. The Kier molecular flexibility index (Phi) is 13.3. The molecule has 54 heavy (non-hydrogen) atoms. The second-order valence-corrected chi connectivity index (χ2v) is 13.9. The minimum Gasteiger partial charge on any atom is -0.497 e. The molecule has 0 radical (unpaired) electrons. The Labute approximate surface area is 313 Å². The lowest BCUT2D eigenvalue weighted by Gasteiger charge is -2.30. The van der Waals surface area contributed by atoms with Gasteiger partial charge in [-0.1, -0.05) is 37.3 Å². The molecule has 2 aliphatic heterocycles. The number of carbonyl (C=O) groups is 6. The molecule has 2 fully saturated rings. The van der Waals surface area contributed by atoms with Crippen LogP contribution < -0.4 is 31.3 Å². The summed E-state index contributed by atoms with van der Waals surface area (Å²) in [5.41, 5.74) is 1.77. The molecule has 2 aromatic carbocycles. The molecule has 0 bridgehead atoms. The first-order valence-electron chi connectivity index (χ1n) is 18.5. The van der Waals surface area contributed by atoms with Gasteiger partial charge in [0.1, 0.15) is 41.5 Å². The molecule has 6 atom stereocenters. The number of hydrogen-bond donors (Lipinski definition) is 6. The maximum atomic E-state index is 14.1. The normalized spacial score (nSPS) is 24.2. The molecule has 2 aliphatic rings. The van der Waals surface area contributed by atoms with Crippen LogP contribution in [-0.2, 0) is 30.4 Å². The van der Waals surface area contributed by atoms with E-state index in [2.05, 4.69) is 26.6 Å². The smallest absolute Gasteiger partial charge is 0.287 e. The van der Waals surface area contributed by atoms with Crippen LogP contribution in [0.3, 0.4) is 0 Å². The van der Waals surface area contributed by atoms with Crippen LogP contribution in [0.2, 0.25) is 0 Å². The lowest BCUT2D eigenvalue weighted by atomic mass is 10.0. The third kappa shape index (κ3) is 9.37. The van der Waals surface area contributed by atoms with Crippen LogP contribution in [0.4, 0.5) is 0 Å². The summed E-state index contributed by atoms with van der Waals surface area (Å²) in [5.74, 6) is -3.03. The van der Waals surface area contributed by atoms with Gasteiger partial charge in [-0.2, -0.15) is 0 Å². The van der Waals surface area contributed by atoms with E-state index in [1.165, 1.54) is 18.9 Å². The molecule has 15 heteroatoms. The SMILES string of the molecule is CC[C@@H]1NC(=O)[C@@H](NC(=O)c2oc3cc(OC)ccc3c2C)CCCCNC(=O)[C@@H]2CCCN2C(=O)[C@@H](Cc2ccccc2)NC(=O)[C@H]([C@@H](C)O)NC1=O. The fourth-order valence-corrected chi connectivity index (χ4v) is 6.94. The number of carbonyl (C=O) groups excluding carboxylic acids is 6. The van der Waals surface area contributed by atoms with Crippen LogP contribution in [0.25, 0.3) is 11.0 Å². The van der Waals surface area contributed by atoms with Gasteiger partial charge in [-0.3, -0.25) is 28.8 Å². The highest BCUT2D eigenvalue weighted by atomic mass is 16.5. The number of aliphatic hydroxyl groups is 1. The number of furan rings is 1. The van der Waals surface area contributed by atoms with Gasteiger partial charge in [0.05, 0.1) is 13.2 Å². The number of nitrogens with one attached hydrogen (secondary N) is 5. The maximum absolute atomic E-state index is 14.1. The number of aliphatic hydroxyl groups excluding tert-OH is 1. The Balaban J connectivity index is 1.40. The molecule has 0 saturated carbocycles. The molecule has 290 valence electrons. The van der Waals surface area contributed by atoms with Crippen molar-refractivity contribution >= 4 is 46.4 Å². The molecule has 15 nitrogen and oxygen atoms in total. The lowest BCUT2D eigenvalue weighted by Crippen LogP contribution is -2.61. The number of nitrogens with zero attached hydrogens (tertiary/aromatic N) is 1. The summed E-state index contributed by atoms with van der Waals surface area (Å²) in [6, 6.07) is 8.68. The highest BCUT2D eigenvalue weighted by molar-refractivity contribution is 6.02. The molecule has 5 rings (SSSR count). The minimum atomic E-state index is -1.49. The summed E-state index contributed by atoms with van der Waals surface area (Å²) >= 11 is 0. The van der Waals surface area contributed by atoms with Crippen molar-refractivity contribution in [2.45, 2.75) is 102 Å². The van der Waals surface area contributed by atoms with Crippen molar-refractivity contribution in [3.05, 3.63) is 65.4 Å². The zero-order valence-corrected chi connectivity index (χ0v) is 31.1. The van der Waals surface area contributed by atoms with Gasteiger partial charge in [0.15, 0.2) is 5.76 Å². The Morgan fingerprint density at radius 1 is 0.944 bits per heavy atom.